The van der Waals surface area contributed by atoms with Crippen molar-refractivity contribution in [1.29, 1.82) is 0 Å². The highest BCUT2D eigenvalue weighted by atomic mass is 16.5. The van der Waals surface area contributed by atoms with Gasteiger partial charge in [-0.2, -0.15) is 0 Å². The van der Waals surface area contributed by atoms with Crippen molar-refractivity contribution in [2.75, 3.05) is 6.61 Å². The van der Waals surface area contributed by atoms with Gasteiger partial charge in [0.05, 0.1) is 17.2 Å². The quantitative estimate of drug-likeness (QED) is 0.647. The van der Waals surface area contributed by atoms with E-state index in [9.17, 15) is 9.59 Å². The molecule has 1 amide bonds. The second-order valence-corrected chi connectivity index (χ2v) is 7.85. The van der Waals surface area contributed by atoms with Gasteiger partial charge in [0.2, 0.25) is 0 Å². The summed E-state index contributed by atoms with van der Waals surface area (Å²) in [6.07, 6.45) is 7.20. The van der Waals surface area contributed by atoms with E-state index in [4.69, 9.17) is 9.15 Å². The van der Waals surface area contributed by atoms with E-state index in [-0.39, 0.29) is 24.1 Å². The fraction of sp³-hybridized carbons (Fsp3) is 0.435. The van der Waals surface area contributed by atoms with E-state index in [0.29, 0.717) is 23.2 Å². The highest BCUT2D eigenvalue weighted by Crippen LogP contribution is 2.19. The molecule has 1 aromatic carbocycles. The minimum atomic E-state index is -0.196. The summed E-state index contributed by atoms with van der Waals surface area (Å²) in [5.41, 5.74) is 0.648. The summed E-state index contributed by atoms with van der Waals surface area (Å²) in [7, 11) is 0. The Kier molecular flexibility index (Phi) is 6.16. The topological polar surface area (TPSA) is 86.4 Å². The van der Waals surface area contributed by atoms with Crippen LogP contribution in [0.5, 0.6) is 5.75 Å². The van der Waals surface area contributed by atoms with Crippen LogP contribution in [0, 0.1) is 0 Å². The first-order valence-electron chi connectivity index (χ1n) is 10.6. The molecular formula is C23H27N3O4. The van der Waals surface area contributed by atoms with E-state index in [1.54, 1.807) is 29.0 Å². The van der Waals surface area contributed by atoms with Gasteiger partial charge in [-0.25, -0.2) is 4.98 Å². The monoisotopic (exact) mass is 409 g/mol. The lowest BCUT2D eigenvalue weighted by molar-refractivity contribution is -0.123. The number of fused-ring (bicyclic) bond motifs is 2. The number of hydrogen-bond donors (Lipinski definition) is 1. The number of rotatable bonds is 7. The molecule has 7 nitrogen and oxygen atoms in total. The predicted molar refractivity (Wildman–Crippen MR) is 114 cm³/mol. The molecule has 0 saturated carbocycles. The van der Waals surface area contributed by atoms with Crippen LogP contribution in [0.3, 0.4) is 0 Å². The molecule has 7 heteroatoms. The number of furan rings is 1. The third kappa shape index (κ3) is 4.72. The fourth-order valence-corrected chi connectivity index (χ4v) is 3.84. The zero-order valence-corrected chi connectivity index (χ0v) is 17.2. The molecule has 1 N–H and O–H groups in total. The third-order valence-corrected chi connectivity index (χ3v) is 5.47. The Morgan fingerprint density at radius 2 is 2.20 bits per heavy atom. The average Bonchev–Trinajstić information content (AvgIpc) is 3.15. The van der Waals surface area contributed by atoms with Crippen LogP contribution in [-0.4, -0.2) is 28.1 Å². The first kappa shape index (κ1) is 20.2. The molecule has 1 aliphatic rings. The highest BCUT2D eigenvalue weighted by Gasteiger charge is 2.15. The summed E-state index contributed by atoms with van der Waals surface area (Å²) in [5.74, 6) is 2.07. The largest absolute Gasteiger partial charge is 0.484 e. The Labute approximate surface area is 175 Å². The zero-order valence-electron chi connectivity index (χ0n) is 17.2. The highest BCUT2D eigenvalue weighted by molar-refractivity contribution is 5.80. The van der Waals surface area contributed by atoms with E-state index in [0.717, 1.165) is 50.1 Å². The maximum absolute atomic E-state index is 12.9. The number of amides is 1. The van der Waals surface area contributed by atoms with Gasteiger partial charge in [0.1, 0.15) is 17.3 Å². The third-order valence-electron chi connectivity index (χ3n) is 5.47. The van der Waals surface area contributed by atoms with Gasteiger partial charge in [-0.05, 0) is 56.5 Å². The Morgan fingerprint density at radius 3 is 3.03 bits per heavy atom. The number of ether oxygens (including phenoxy) is 1. The van der Waals surface area contributed by atoms with Crippen LogP contribution < -0.4 is 15.6 Å². The van der Waals surface area contributed by atoms with E-state index in [2.05, 4.69) is 10.3 Å². The Bertz CT molecular complexity index is 1070. The second-order valence-electron chi connectivity index (χ2n) is 7.85. The van der Waals surface area contributed by atoms with Crippen LogP contribution in [0.4, 0.5) is 0 Å². The van der Waals surface area contributed by atoms with Crippen molar-refractivity contribution in [3.63, 3.8) is 0 Å². The van der Waals surface area contributed by atoms with E-state index < -0.39 is 0 Å². The minimum Gasteiger partial charge on any atom is -0.484 e. The maximum atomic E-state index is 12.9. The number of aromatic nitrogens is 2. The normalized spacial score (nSPS) is 14.7. The van der Waals surface area contributed by atoms with Crippen LogP contribution >= 0.6 is 0 Å². The van der Waals surface area contributed by atoms with Gasteiger partial charge >= 0.3 is 0 Å². The van der Waals surface area contributed by atoms with Crippen LogP contribution in [0.1, 0.15) is 44.2 Å². The fourth-order valence-electron chi connectivity index (χ4n) is 3.84. The number of benzene rings is 1. The first-order valence-corrected chi connectivity index (χ1v) is 10.6. The molecule has 1 unspecified atom stereocenters. The predicted octanol–water partition coefficient (Wildman–Crippen LogP) is 3.23. The molecule has 30 heavy (non-hydrogen) atoms. The van der Waals surface area contributed by atoms with Gasteiger partial charge in [0.15, 0.2) is 6.61 Å². The standard InChI is InChI=1S/C23H27N3O4/c1-16(8-9-17-6-5-13-29-17)24-22(27)15-30-18-10-11-20-19(14-18)23(28)26-12-4-2-3-7-21(26)25-20/h5-6,10-11,13-14,16H,2-4,7-9,12,15H2,1H3,(H,24,27). The van der Waals surface area contributed by atoms with Crippen LogP contribution in [0.25, 0.3) is 10.9 Å². The van der Waals surface area contributed by atoms with E-state index in [1.165, 1.54) is 0 Å². The van der Waals surface area contributed by atoms with Crippen molar-refractivity contribution in [2.24, 2.45) is 0 Å². The molecule has 2 aromatic heterocycles. The molecule has 158 valence electrons. The molecule has 1 atom stereocenters. The maximum Gasteiger partial charge on any atom is 0.261 e. The van der Waals surface area contributed by atoms with Gasteiger partial charge < -0.3 is 14.5 Å². The Morgan fingerprint density at radius 1 is 1.30 bits per heavy atom. The number of carbonyl (C=O) groups is 1. The van der Waals surface area contributed by atoms with Gasteiger partial charge in [0.25, 0.3) is 11.5 Å². The van der Waals surface area contributed by atoms with Crippen LogP contribution in [0.15, 0.2) is 45.8 Å². The van der Waals surface area contributed by atoms with Crippen molar-refractivity contribution < 1.29 is 13.9 Å². The molecule has 0 radical (unpaired) electrons. The summed E-state index contributed by atoms with van der Waals surface area (Å²) in [5, 5.41) is 3.46. The number of hydrogen-bond acceptors (Lipinski definition) is 5. The minimum absolute atomic E-state index is 0.00658. The van der Waals surface area contributed by atoms with Gasteiger partial charge in [-0.1, -0.05) is 6.42 Å². The second kappa shape index (κ2) is 9.15. The molecule has 0 spiro atoms. The lowest BCUT2D eigenvalue weighted by Gasteiger charge is -2.14. The van der Waals surface area contributed by atoms with Gasteiger partial charge in [-0.15, -0.1) is 0 Å². The number of aryl methyl sites for hydroxylation is 2. The molecule has 0 saturated heterocycles. The van der Waals surface area contributed by atoms with E-state index in [1.807, 2.05) is 19.1 Å². The summed E-state index contributed by atoms with van der Waals surface area (Å²) < 4.78 is 12.7. The summed E-state index contributed by atoms with van der Waals surface area (Å²) in [6, 6.07) is 9.03. The zero-order chi connectivity index (χ0) is 20.9. The Balaban J connectivity index is 1.37. The van der Waals surface area contributed by atoms with Gasteiger partial charge in [0, 0.05) is 25.4 Å². The molecule has 4 rings (SSSR count). The first-order chi connectivity index (χ1) is 14.6. The van der Waals surface area contributed by atoms with Crippen LogP contribution in [0.2, 0.25) is 0 Å². The van der Waals surface area contributed by atoms with Crippen molar-refractivity contribution >= 4 is 16.8 Å². The van der Waals surface area contributed by atoms with Gasteiger partial charge in [-0.3, -0.25) is 14.2 Å². The summed E-state index contributed by atoms with van der Waals surface area (Å²) in [4.78, 5) is 29.8. The van der Waals surface area contributed by atoms with E-state index >= 15 is 0 Å². The van der Waals surface area contributed by atoms with Crippen molar-refractivity contribution in [3.05, 3.63) is 58.5 Å². The lowest BCUT2D eigenvalue weighted by atomic mass is 10.1. The number of nitrogens with one attached hydrogen (secondary N) is 1. The molecule has 0 bridgehead atoms. The molecular weight excluding hydrogens is 382 g/mol. The number of nitrogens with zero attached hydrogens (tertiary/aromatic N) is 2. The Hall–Kier alpha value is -3.09. The van der Waals surface area contributed by atoms with Crippen molar-refractivity contribution in [3.8, 4) is 5.75 Å². The lowest BCUT2D eigenvalue weighted by Crippen LogP contribution is -2.36. The molecule has 0 fully saturated rings. The molecule has 3 aromatic rings. The summed E-state index contributed by atoms with van der Waals surface area (Å²) >= 11 is 0. The smallest absolute Gasteiger partial charge is 0.261 e. The number of carbonyl (C=O) groups excluding carboxylic acids is 1. The van der Waals surface area contributed by atoms with Crippen molar-refractivity contribution in [2.45, 2.75) is 58.0 Å². The SMILES string of the molecule is CC(CCc1ccco1)NC(=O)COc1ccc2nc3n(c(=O)c2c1)CCCCC3. The molecule has 3 heterocycles. The van der Waals surface area contributed by atoms with Crippen molar-refractivity contribution in [1.82, 2.24) is 14.9 Å². The molecule has 1 aliphatic heterocycles. The van der Waals surface area contributed by atoms with Crippen LogP contribution in [-0.2, 0) is 24.2 Å². The molecule has 0 aliphatic carbocycles. The average molecular weight is 409 g/mol. The summed E-state index contributed by atoms with van der Waals surface area (Å²) in [6.45, 7) is 2.56.